The number of hydrogen-bond acceptors (Lipinski definition) is 5. The summed E-state index contributed by atoms with van der Waals surface area (Å²) >= 11 is 0. The number of hydrogen-bond donors (Lipinski definition) is 3. The molecular weight excluding hydrogens is 446 g/mol. The molecule has 10 heteroatoms. The van der Waals surface area contributed by atoms with Gasteiger partial charge in [-0.25, -0.2) is 18.6 Å². The number of benzene rings is 2. The number of carbonyl (C=O) groups is 2. The van der Waals surface area contributed by atoms with Gasteiger partial charge in [0.2, 0.25) is 5.91 Å². The Hall–Kier alpha value is -3.79. The average Bonchev–Trinajstić information content (AvgIpc) is 3.50. The fraction of sp³-hybridized carbons (Fsp3) is 0.292. The molecule has 1 fully saturated rings. The molecule has 1 saturated heterocycles. The number of anilines is 2. The second kappa shape index (κ2) is 10.9. The molecule has 0 spiro atoms. The van der Waals surface area contributed by atoms with Crippen molar-refractivity contribution < 1.29 is 27.5 Å². The van der Waals surface area contributed by atoms with E-state index < -0.39 is 11.6 Å². The van der Waals surface area contributed by atoms with Crippen molar-refractivity contribution in [3.05, 3.63) is 66.2 Å². The van der Waals surface area contributed by atoms with Gasteiger partial charge < -0.3 is 25.1 Å². The molecule has 1 aromatic heterocycles. The van der Waals surface area contributed by atoms with Gasteiger partial charge in [0.05, 0.1) is 17.9 Å². The first-order chi connectivity index (χ1) is 16.5. The molecule has 3 amide bonds. The van der Waals surface area contributed by atoms with E-state index in [9.17, 15) is 18.4 Å². The maximum atomic E-state index is 13.9. The molecule has 1 aliphatic rings. The third-order valence-corrected chi connectivity index (χ3v) is 5.26. The summed E-state index contributed by atoms with van der Waals surface area (Å²) in [6, 6.07) is 9.56. The zero-order valence-corrected chi connectivity index (χ0v) is 18.3. The molecule has 3 aromatic rings. The second-order valence-electron chi connectivity index (χ2n) is 7.84. The number of carbonyl (C=O) groups excluding carboxylic acids is 2. The second-order valence-corrected chi connectivity index (χ2v) is 7.84. The molecular formula is C24H24F2N4O4. The summed E-state index contributed by atoms with van der Waals surface area (Å²) < 4.78 is 37.9. The van der Waals surface area contributed by atoms with Gasteiger partial charge >= 0.3 is 6.03 Å². The van der Waals surface area contributed by atoms with Gasteiger partial charge in [0.25, 0.3) is 0 Å². The SMILES string of the molecule is O=C(CCc1ncc(-c2ccc(F)cc2F)o1)Nc1ccc(NC(=O)NC[C@H]2CCCO2)cc1. The highest BCUT2D eigenvalue weighted by atomic mass is 19.1. The number of oxazole rings is 1. The number of nitrogens with one attached hydrogen (secondary N) is 3. The van der Waals surface area contributed by atoms with Gasteiger partial charge in [0.15, 0.2) is 11.7 Å². The van der Waals surface area contributed by atoms with Gasteiger partial charge in [0.1, 0.15) is 11.6 Å². The van der Waals surface area contributed by atoms with Crippen molar-refractivity contribution in [2.75, 3.05) is 23.8 Å². The van der Waals surface area contributed by atoms with Crippen LogP contribution < -0.4 is 16.0 Å². The van der Waals surface area contributed by atoms with E-state index in [-0.39, 0.29) is 48.1 Å². The van der Waals surface area contributed by atoms with Crippen LogP contribution in [-0.4, -0.2) is 36.2 Å². The molecule has 1 atom stereocenters. The summed E-state index contributed by atoms with van der Waals surface area (Å²) in [6.45, 7) is 1.20. The van der Waals surface area contributed by atoms with E-state index in [1.165, 1.54) is 12.3 Å². The molecule has 0 aliphatic carbocycles. The molecule has 1 aliphatic heterocycles. The van der Waals surface area contributed by atoms with Crippen LogP contribution in [0, 0.1) is 11.6 Å². The number of ether oxygens (including phenoxy) is 1. The highest BCUT2D eigenvalue weighted by molar-refractivity contribution is 5.92. The monoisotopic (exact) mass is 470 g/mol. The topological polar surface area (TPSA) is 105 Å². The van der Waals surface area contributed by atoms with Crippen molar-refractivity contribution in [2.24, 2.45) is 0 Å². The van der Waals surface area contributed by atoms with Crippen LogP contribution in [0.2, 0.25) is 0 Å². The quantitative estimate of drug-likeness (QED) is 0.450. The van der Waals surface area contributed by atoms with Crippen molar-refractivity contribution in [3.63, 3.8) is 0 Å². The van der Waals surface area contributed by atoms with Crippen LogP contribution in [0.5, 0.6) is 0 Å². The molecule has 0 radical (unpaired) electrons. The zero-order valence-electron chi connectivity index (χ0n) is 18.3. The van der Waals surface area contributed by atoms with Crippen LogP contribution in [-0.2, 0) is 16.0 Å². The molecule has 34 heavy (non-hydrogen) atoms. The Morgan fingerprint density at radius 3 is 2.53 bits per heavy atom. The Balaban J connectivity index is 1.22. The molecule has 0 unspecified atom stereocenters. The van der Waals surface area contributed by atoms with Crippen LogP contribution in [0.25, 0.3) is 11.3 Å². The van der Waals surface area contributed by atoms with E-state index in [1.807, 2.05) is 0 Å². The molecule has 3 N–H and O–H groups in total. The predicted molar refractivity (Wildman–Crippen MR) is 121 cm³/mol. The van der Waals surface area contributed by atoms with Crippen molar-refractivity contribution in [1.82, 2.24) is 10.3 Å². The van der Waals surface area contributed by atoms with Gasteiger partial charge in [-0.15, -0.1) is 0 Å². The number of aryl methyl sites for hydroxylation is 1. The minimum Gasteiger partial charge on any atom is -0.441 e. The van der Waals surface area contributed by atoms with Crippen LogP contribution >= 0.6 is 0 Å². The van der Waals surface area contributed by atoms with Gasteiger partial charge in [-0.3, -0.25) is 4.79 Å². The molecule has 2 heterocycles. The van der Waals surface area contributed by atoms with E-state index in [0.717, 1.165) is 31.6 Å². The minimum atomic E-state index is -0.751. The van der Waals surface area contributed by atoms with E-state index in [4.69, 9.17) is 9.15 Å². The van der Waals surface area contributed by atoms with Crippen molar-refractivity contribution >= 4 is 23.3 Å². The van der Waals surface area contributed by atoms with E-state index >= 15 is 0 Å². The summed E-state index contributed by atoms with van der Waals surface area (Å²) in [7, 11) is 0. The smallest absolute Gasteiger partial charge is 0.319 e. The summed E-state index contributed by atoms with van der Waals surface area (Å²) in [5.74, 6) is -1.26. The third-order valence-electron chi connectivity index (χ3n) is 5.26. The number of aromatic nitrogens is 1. The third kappa shape index (κ3) is 6.38. The molecule has 2 aromatic carbocycles. The van der Waals surface area contributed by atoms with Crippen molar-refractivity contribution in [3.8, 4) is 11.3 Å². The normalized spacial score (nSPS) is 15.2. The summed E-state index contributed by atoms with van der Waals surface area (Å²) in [5, 5.41) is 8.26. The first-order valence-electron chi connectivity index (χ1n) is 10.9. The molecule has 0 saturated carbocycles. The molecule has 8 nitrogen and oxygen atoms in total. The highest BCUT2D eigenvalue weighted by Gasteiger charge is 2.16. The lowest BCUT2D eigenvalue weighted by Gasteiger charge is -2.12. The zero-order chi connectivity index (χ0) is 23.9. The van der Waals surface area contributed by atoms with Gasteiger partial charge in [-0.2, -0.15) is 0 Å². The average molecular weight is 470 g/mol. The summed E-state index contributed by atoms with van der Waals surface area (Å²) in [5.41, 5.74) is 1.25. The molecule has 178 valence electrons. The molecule has 4 rings (SSSR count). The van der Waals surface area contributed by atoms with E-state index in [2.05, 4.69) is 20.9 Å². The largest absolute Gasteiger partial charge is 0.441 e. The van der Waals surface area contributed by atoms with Crippen LogP contribution in [0.4, 0.5) is 25.0 Å². The number of rotatable bonds is 8. The Morgan fingerprint density at radius 1 is 1.06 bits per heavy atom. The van der Waals surface area contributed by atoms with Crippen LogP contribution in [0.1, 0.15) is 25.2 Å². The van der Waals surface area contributed by atoms with Crippen molar-refractivity contribution in [2.45, 2.75) is 31.8 Å². The lowest BCUT2D eigenvalue weighted by Crippen LogP contribution is -2.35. The predicted octanol–water partition coefficient (Wildman–Crippen LogP) is 4.49. The first kappa shape index (κ1) is 23.4. The van der Waals surface area contributed by atoms with E-state index in [0.29, 0.717) is 17.9 Å². The van der Waals surface area contributed by atoms with Gasteiger partial charge in [-0.1, -0.05) is 0 Å². The maximum absolute atomic E-state index is 13.9. The van der Waals surface area contributed by atoms with Gasteiger partial charge in [-0.05, 0) is 49.2 Å². The maximum Gasteiger partial charge on any atom is 0.319 e. The fourth-order valence-corrected chi connectivity index (χ4v) is 3.51. The van der Waals surface area contributed by atoms with Crippen LogP contribution in [0.15, 0.2) is 53.1 Å². The summed E-state index contributed by atoms with van der Waals surface area (Å²) in [4.78, 5) is 28.3. The molecule has 0 bridgehead atoms. The van der Waals surface area contributed by atoms with Gasteiger partial charge in [0, 0.05) is 43.4 Å². The summed E-state index contributed by atoms with van der Waals surface area (Å²) in [6.07, 6.45) is 3.66. The lowest BCUT2D eigenvalue weighted by atomic mass is 10.2. The number of urea groups is 1. The lowest BCUT2D eigenvalue weighted by molar-refractivity contribution is -0.116. The minimum absolute atomic E-state index is 0.0652. The van der Waals surface area contributed by atoms with Crippen molar-refractivity contribution in [1.29, 1.82) is 0 Å². The Labute approximate surface area is 194 Å². The number of halogens is 2. The Kier molecular flexibility index (Phi) is 7.48. The number of nitrogens with zero attached hydrogens (tertiary/aromatic N) is 1. The standard InChI is InChI=1S/C24H24F2N4O4/c25-15-3-8-19(20(26)12-15)21-14-27-23(34-21)10-9-22(31)29-16-4-6-17(7-5-16)30-24(32)28-13-18-2-1-11-33-18/h3-8,12,14,18H,1-2,9-11,13H2,(H,29,31)(H2,28,30,32)/t18-/m1/s1. The number of amides is 3. The highest BCUT2D eigenvalue weighted by Crippen LogP contribution is 2.24. The van der Waals surface area contributed by atoms with Crippen LogP contribution in [0.3, 0.4) is 0 Å². The fourth-order valence-electron chi connectivity index (χ4n) is 3.51. The van der Waals surface area contributed by atoms with E-state index in [1.54, 1.807) is 24.3 Å². The Morgan fingerprint density at radius 2 is 1.82 bits per heavy atom. The first-order valence-corrected chi connectivity index (χ1v) is 10.9. The Bertz CT molecular complexity index is 1140.